The largest absolute Gasteiger partial charge is 0.373 e. The molecule has 0 saturated carbocycles. The van der Waals surface area contributed by atoms with E-state index in [4.69, 9.17) is 0 Å². The first-order valence-electron chi connectivity index (χ1n) is 11.5. The van der Waals surface area contributed by atoms with Gasteiger partial charge in [0.1, 0.15) is 5.65 Å². The molecule has 0 saturated heterocycles. The quantitative estimate of drug-likeness (QED) is 0.430. The number of aromatic nitrogens is 2. The van der Waals surface area contributed by atoms with Gasteiger partial charge in [-0.05, 0) is 68.0 Å². The summed E-state index contributed by atoms with van der Waals surface area (Å²) in [5.41, 5.74) is 8.37. The molecule has 34 heavy (non-hydrogen) atoms. The van der Waals surface area contributed by atoms with Gasteiger partial charge >= 0.3 is 0 Å². The highest BCUT2D eigenvalue weighted by molar-refractivity contribution is 5.98. The minimum absolute atomic E-state index is 0.000561. The summed E-state index contributed by atoms with van der Waals surface area (Å²) >= 11 is 0. The molecule has 6 nitrogen and oxygen atoms in total. The zero-order chi connectivity index (χ0) is 24.4. The molecule has 0 unspecified atom stereocenters. The van der Waals surface area contributed by atoms with Crippen molar-refractivity contribution in [1.29, 1.82) is 0 Å². The molecule has 0 radical (unpaired) electrons. The van der Waals surface area contributed by atoms with E-state index < -0.39 is 0 Å². The molecule has 0 bridgehead atoms. The molecule has 4 aromatic rings. The molecule has 6 heteroatoms. The van der Waals surface area contributed by atoms with Crippen molar-refractivity contribution in [2.75, 3.05) is 53.2 Å². The Morgan fingerprint density at radius 2 is 1.59 bits per heavy atom. The van der Waals surface area contributed by atoms with Crippen LogP contribution in [0, 0.1) is 6.92 Å². The molecule has 0 atom stereocenters. The summed E-state index contributed by atoms with van der Waals surface area (Å²) in [6.45, 7) is 4.15. The van der Waals surface area contributed by atoms with Crippen molar-refractivity contribution in [3.63, 3.8) is 0 Å². The van der Waals surface area contributed by atoms with E-state index in [1.807, 2.05) is 36.7 Å². The molecule has 4 rings (SSSR count). The van der Waals surface area contributed by atoms with Crippen molar-refractivity contribution < 1.29 is 4.79 Å². The number of amides is 1. The van der Waals surface area contributed by atoms with Crippen molar-refractivity contribution in [2.45, 2.75) is 6.92 Å². The summed E-state index contributed by atoms with van der Waals surface area (Å²) in [7, 11) is 9.86. The van der Waals surface area contributed by atoms with Gasteiger partial charge in [-0.2, -0.15) is 0 Å². The number of rotatable bonds is 7. The Balaban J connectivity index is 1.64. The topological polar surface area (TPSA) is 55.5 Å². The van der Waals surface area contributed by atoms with E-state index in [-0.39, 0.29) is 5.91 Å². The Kier molecular flexibility index (Phi) is 6.70. The standard InChI is InChI=1S/C28H33N5O/c1-19-15-22(11-12-26(19)33(6)14-13-31(2)3)23-16-24-25(18-30-27(24)29-17-23)20-7-9-21(10-8-20)28(34)32(4)5/h7-12,15-18H,13-14H2,1-6H3,(H,29,30). The highest BCUT2D eigenvalue weighted by Crippen LogP contribution is 2.32. The molecular formula is C28H33N5O. The smallest absolute Gasteiger partial charge is 0.253 e. The number of carbonyl (C=O) groups is 1. The van der Waals surface area contributed by atoms with Crippen LogP contribution in [0.15, 0.2) is 60.9 Å². The van der Waals surface area contributed by atoms with Crippen molar-refractivity contribution in [3.8, 4) is 22.3 Å². The molecule has 0 aliphatic heterocycles. The van der Waals surface area contributed by atoms with Gasteiger partial charge in [0, 0.05) is 74.4 Å². The third kappa shape index (κ3) is 4.82. The van der Waals surface area contributed by atoms with Crippen LogP contribution in [0.3, 0.4) is 0 Å². The van der Waals surface area contributed by atoms with Crippen molar-refractivity contribution in [1.82, 2.24) is 19.8 Å². The van der Waals surface area contributed by atoms with Crippen LogP contribution in [0.5, 0.6) is 0 Å². The lowest BCUT2D eigenvalue weighted by molar-refractivity contribution is 0.0827. The minimum atomic E-state index is 0.000561. The lowest BCUT2D eigenvalue weighted by Crippen LogP contribution is -2.28. The SMILES string of the molecule is Cc1cc(-c2cnc3[nH]cc(-c4ccc(C(=O)N(C)C)cc4)c3c2)ccc1N(C)CCN(C)C. The summed E-state index contributed by atoms with van der Waals surface area (Å²) in [6, 6.07) is 16.5. The van der Waals surface area contributed by atoms with Gasteiger partial charge in [-0.1, -0.05) is 18.2 Å². The number of anilines is 1. The molecule has 0 aliphatic rings. The van der Waals surface area contributed by atoms with Gasteiger partial charge in [0.25, 0.3) is 5.91 Å². The fraction of sp³-hybridized carbons (Fsp3) is 0.286. The summed E-state index contributed by atoms with van der Waals surface area (Å²) in [4.78, 5) is 26.3. The zero-order valence-corrected chi connectivity index (χ0v) is 20.9. The first kappa shape index (κ1) is 23.5. The average molecular weight is 456 g/mol. The maximum Gasteiger partial charge on any atom is 0.253 e. The van der Waals surface area contributed by atoms with Gasteiger partial charge in [-0.25, -0.2) is 4.98 Å². The van der Waals surface area contributed by atoms with Crippen LogP contribution in [0.2, 0.25) is 0 Å². The zero-order valence-electron chi connectivity index (χ0n) is 20.9. The molecule has 176 valence electrons. The summed E-state index contributed by atoms with van der Waals surface area (Å²) in [5, 5.41) is 1.06. The second-order valence-electron chi connectivity index (χ2n) is 9.33. The Bertz CT molecular complexity index is 1300. The van der Waals surface area contributed by atoms with Crippen molar-refractivity contribution in [3.05, 3.63) is 72.1 Å². The summed E-state index contributed by atoms with van der Waals surface area (Å²) in [6.07, 6.45) is 3.91. The molecule has 0 spiro atoms. The molecule has 0 fully saturated rings. The number of nitrogens with zero attached hydrogens (tertiary/aromatic N) is 4. The van der Waals surface area contributed by atoms with E-state index in [9.17, 15) is 4.79 Å². The average Bonchev–Trinajstić information content (AvgIpc) is 3.25. The first-order valence-corrected chi connectivity index (χ1v) is 11.5. The Hall–Kier alpha value is -3.64. The maximum atomic E-state index is 12.2. The monoisotopic (exact) mass is 455 g/mol. The summed E-state index contributed by atoms with van der Waals surface area (Å²) in [5.74, 6) is 0.000561. The first-order chi connectivity index (χ1) is 16.2. The van der Waals surface area contributed by atoms with Crippen molar-refractivity contribution >= 4 is 22.6 Å². The molecule has 2 aromatic carbocycles. The number of benzene rings is 2. The van der Waals surface area contributed by atoms with E-state index in [0.717, 1.165) is 46.4 Å². The minimum Gasteiger partial charge on any atom is -0.373 e. The number of fused-ring (bicyclic) bond motifs is 1. The summed E-state index contributed by atoms with van der Waals surface area (Å²) < 4.78 is 0. The number of nitrogens with one attached hydrogen (secondary N) is 1. The highest BCUT2D eigenvalue weighted by atomic mass is 16.2. The molecular weight excluding hydrogens is 422 g/mol. The Morgan fingerprint density at radius 1 is 0.882 bits per heavy atom. The third-order valence-electron chi connectivity index (χ3n) is 6.20. The number of aryl methyl sites for hydroxylation is 1. The van der Waals surface area contributed by atoms with Crippen LogP contribution in [0.25, 0.3) is 33.3 Å². The van der Waals surface area contributed by atoms with Crippen LogP contribution >= 0.6 is 0 Å². The van der Waals surface area contributed by atoms with E-state index in [1.165, 1.54) is 11.3 Å². The predicted octanol–water partition coefficient (Wildman–Crippen LogP) is 4.90. The number of pyridine rings is 1. The number of aromatic amines is 1. The lowest BCUT2D eigenvalue weighted by Gasteiger charge is -2.23. The Morgan fingerprint density at radius 3 is 2.24 bits per heavy atom. The lowest BCUT2D eigenvalue weighted by atomic mass is 10.00. The molecule has 2 aromatic heterocycles. The fourth-order valence-electron chi connectivity index (χ4n) is 4.18. The van der Waals surface area contributed by atoms with Gasteiger partial charge < -0.3 is 19.7 Å². The van der Waals surface area contributed by atoms with Gasteiger partial charge in [0.2, 0.25) is 0 Å². The predicted molar refractivity (Wildman–Crippen MR) is 142 cm³/mol. The fourth-order valence-corrected chi connectivity index (χ4v) is 4.18. The van der Waals surface area contributed by atoms with Crippen molar-refractivity contribution in [2.24, 2.45) is 0 Å². The third-order valence-corrected chi connectivity index (χ3v) is 6.20. The van der Waals surface area contributed by atoms with Gasteiger partial charge in [0.05, 0.1) is 0 Å². The molecule has 0 aliphatic carbocycles. The van der Waals surface area contributed by atoms with E-state index in [2.05, 4.69) is 72.1 Å². The van der Waals surface area contributed by atoms with Gasteiger partial charge in [0.15, 0.2) is 0 Å². The van der Waals surface area contributed by atoms with Crippen LogP contribution in [-0.2, 0) is 0 Å². The number of hydrogen-bond acceptors (Lipinski definition) is 4. The normalized spacial score (nSPS) is 11.3. The molecule has 1 N–H and O–H groups in total. The number of H-pyrrole nitrogens is 1. The van der Waals surface area contributed by atoms with Crippen LogP contribution in [0.4, 0.5) is 5.69 Å². The number of likely N-dealkylation sites (N-methyl/N-ethyl adjacent to an activating group) is 2. The molecule has 1 amide bonds. The van der Waals surface area contributed by atoms with Crippen LogP contribution in [0.1, 0.15) is 15.9 Å². The van der Waals surface area contributed by atoms with Crippen LogP contribution in [-0.4, -0.2) is 74.0 Å². The van der Waals surface area contributed by atoms with Crippen LogP contribution < -0.4 is 4.90 Å². The van der Waals surface area contributed by atoms with E-state index in [1.54, 1.807) is 19.0 Å². The van der Waals surface area contributed by atoms with Gasteiger partial charge in [-0.3, -0.25) is 4.79 Å². The molecule has 2 heterocycles. The maximum absolute atomic E-state index is 12.2. The Labute approximate surface area is 201 Å². The number of carbonyl (C=O) groups excluding carboxylic acids is 1. The van der Waals surface area contributed by atoms with E-state index >= 15 is 0 Å². The number of hydrogen-bond donors (Lipinski definition) is 1. The second-order valence-corrected chi connectivity index (χ2v) is 9.33. The van der Waals surface area contributed by atoms with Gasteiger partial charge in [-0.15, -0.1) is 0 Å². The second kappa shape index (κ2) is 9.69. The highest BCUT2D eigenvalue weighted by Gasteiger charge is 2.13. The van der Waals surface area contributed by atoms with E-state index in [0.29, 0.717) is 5.56 Å².